The van der Waals surface area contributed by atoms with Crippen LogP contribution >= 0.6 is 0 Å². The molecule has 0 aromatic heterocycles. The van der Waals surface area contributed by atoms with Crippen LogP contribution in [-0.2, 0) is 16.1 Å². The number of ether oxygens (including phenoxy) is 1. The average molecular weight is 411 g/mol. The summed E-state index contributed by atoms with van der Waals surface area (Å²) in [7, 11) is 0. The van der Waals surface area contributed by atoms with Crippen molar-refractivity contribution in [1.82, 2.24) is 10.2 Å². The van der Waals surface area contributed by atoms with Gasteiger partial charge in [0.05, 0.1) is 0 Å². The van der Waals surface area contributed by atoms with Crippen molar-refractivity contribution in [3.05, 3.63) is 64.2 Å². The van der Waals surface area contributed by atoms with Gasteiger partial charge in [-0.25, -0.2) is 0 Å². The molecule has 1 N–H and O–H groups in total. The topological polar surface area (TPSA) is 58.6 Å². The molecule has 5 heteroatoms. The highest BCUT2D eigenvalue weighted by atomic mass is 16.5. The molecule has 0 aliphatic rings. The Morgan fingerprint density at radius 2 is 1.77 bits per heavy atom. The third-order valence-corrected chi connectivity index (χ3v) is 5.43. The third kappa shape index (κ3) is 6.09. The van der Waals surface area contributed by atoms with E-state index < -0.39 is 6.04 Å². The van der Waals surface area contributed by atoms with E-state index in [0.29, 0.717) is 18.8 Å². The molecule has 0 saturated heterocycles. The predicted octanol–water partition coefficient (Wildman–Crippen LogP) is 4.24. The highest BCUT2D eigenvalue weighted by Crippen LogP contribution is 2.23. The number of aryl methyl sites for hydroxylation is 3. The number of benzene rings is 2. The van der Waals surface area contributed by atoms with Crippen molar-refractivity contribution in [1.29, 1.82) is 0 Å². The molecule has 0 aliphatic heterocycles. The molecule has 1 atom stereocenters. The SMILES string of the molecule is CCCNC(=O)C(C)N(Cc1ccccc1C)C(=O)COc1cc(C)cc(C)c1C. The number of amides is 2. The summed E-state index contributed by atoms with van der Waals surface area (Å²) in [5.41, 5.74) is 5.34. The van der Waals surface area contributed by atoms with E-state index in [1.807, 2.05) is 65.0 Å². The lowest BCUT2D eigenvalue weighted by molar-refractivity contribution is -0.142. The normalized spacial score (nSPS) is 11.7. The van der Waals surface area contributed by atoms with Gasteiger partial charge in [0.15, 0.2) is 6.61 Å². The van der Waals surface area contributed by atoms with Gasteiger partial charge in [-0.3, -0.25) is 9.59 Å². The van der Waals surface area contributed by atoms with Crippen molar-refractivity contribution in [2.24, 2.45) is 0 Å². The van der Waals surface area contributed by atoms with E-state index in [9.17, 15) is 9.59 Å². The van der Waals surface area contributed by atoms with Gasteiger partial charge in [0.1, 0.15) is 11.8 Å². The van der Waals surface area contributed by atoms with Crippen molar-refractivity contribution in [2.45, 2.75) is 60.5 Å². The number of nitrogens with one attached hydrogen (secondary N) is 1. The molecule has 0 saturated carbocycles. The molecule has 0 spiro atoms. The van der Waals surface area contributed by atoms with Gasteiger partial charge in [-0.2, -0.15) is 0 Å². The molecule has 2 rings (SSSR count). The summed E-state index contributed by atoms with van der Waals surface area (Å²) in [6.45, 7) is 12.6. The van der Waals surface area contributed by atoms with Crippen LogP contribution in [-0.4, -0.2) is 35.9 Å². The summed E-state index contributed by atoms with van der Waals surface area (Å²) in [6, 6.07) is 11.4. The zero-order valence-electron chi connectivity index (χ0n) is 19.0. The molecule has 0 bridgehead atoms. The van der Waals surface area contributed by atoms with E-state index in [2.05, 4.69) is 11.4 Å². The van der Waals surface area contributed by atoms with Gasteiger partial charge in [-0.05, 0) is 74.9 Å². The summed E-state index contributed by atoms with van der Waals surface area (Å²) >= 11 is 0. The molecule has 0 heterocycles. The van der Waals surface area contributed by atoms with Gasteiger partial charge in [-0.1, -0.05) is 37.3 Å². The Hall–Kier alpha value is -2.82. The van der Waals surface area contributed by atoms with Crippen LogP contribution in [0.3, 0.4) is 0 Å². The first-order valence-corrected chi connectivity index (χ1v) is 10.6. The smallest absolute Gasteiger partial charge is 0.261 e. The fourth-order valence-corrected chi connectivity index (χ4v) is 3.32. The number of nitrogens with zero attached hydrogens (tertiary/aromatic N) is 1. The first-order valence-electron chi connectivity index (χ1n) is 10.6. The van der Waals surface area contributed by atoms with E-state index >= 15 is 0 Å². The van der Waals surface area contributed by atoms with Crippen LogP contribution in [0, 0.1) is 27.7 Å². The molecule has 5 nitrogen and oxygen atoms in total. The Kier molecular flexibility index (Phi) is 8.46. The summed E-state index contributed by atoms with van der Waals surface area (Å²) in [4.78, 5) is 27.4. The summed E-state index contributed by atoms with van der Waals surface area (Å²) in [5, 5.41) is 2.89. The van der Waals surface area contributed by atoms with E-state index in [0.717, 1.165) is 34.2 Å². The molecular formula is C25H34N2O3. The molecule has 162 valence electrons. The Labute approximate surface area is 180 Å². The fourth-order valence-electron chi connectivity index (χ4n) is 3.32. The van der Waals surface area contributed by atoms with E-state index in [4.69, 9.17) is 4.74 Å². The van der Waals surface area contributed by atoms with Crippen LogP contribution in [0.15, 0.2) is 36.4 Å². The van der Waals surface area contributed by atoms with Gasteiger partial charge in [0.2, 0.25) is 5.91 Å². The largest absolute Gasteiger partial charge is 0.483 e. The van der Waals surface area contributed by atoms with Crippen LogP contribution in [0.2, 0.25) is 0 Å². The standard InChI is InChI=1S/C25H34N2O3/c1-7-12-26-25(29)21(6)27(15-22-11-9-8-10-18(22)3)24(28)16-30-23-14-17(2)13-19(4)20(23)5/h8-11,13-14,21H,7,12,15-16H2,1-6H3,(H,26,29). The minimum absolute atomic E-state index is 0.110. The van der Waals surface area contributed by atoms with E-state index in [1.54, 1.807) is 11.8 Å². The molecule has 2 amide bonds. The van der Waals surface area contributed by atoms with Crippen LogP contribution in [0.5, 0.6) is 5.75 Å². The summed E-state index contributed by atoms with van der Waals surface area (Å²) < 4.78 is 5.90. The lowest BCUT2D eigenvalue weighted by Gasteiger charge is -2.29. The minimum Gasteiger partial charge on any atom is -0.483 e. The van der Waals surface area contributed by atoms with Crippen molar-refractivity contribution in [2.75, 3.05) is 13.2 Å². The Morgan fingerprint density at radius 1 is 1.07 bits per heavy atom. The molecule has 0 fully saturated rings. The van der Waals surface area contributed by atoms with Gasteiger partial charge in [-0.15, -0.1) is 0 Å². The molecule has 0 radical (unpaired) electrons. The number of rotatable bonds is 9. The molecule has 1 unspecified atom stereocenters. The average Bonchev–Trinajstić information content (AvgIpc) is 2.72. The second-order valence-corrected chi connectivity index (χ2v) is 7.91. The van der Waals surface area contributed by atoms with Gasteiger partial charge < -0.3 is 15.0 Å². The molecule has 30 heavy (non-hydrogen) atoms. The molecule has 0 aliphatic carbocycles. The monoisotopic (exact) mass is 410 g/mol. The summed E-state index contributed by atoms with van der Waals surface area (Å²) in [6.07, 6.45) is 0.847. The van der Waals surface area contributed by atoms with Crippen molar-refractivity contribution >= 4 is 11.8 Å². The molecule has 2 aromatic rings. The molecular weight excluding hydrogens is 376 g/mol. The van der Waals surface area contributed by atoms with Crippen molar-refractivity contribution < 1.29 is 14.3 Å². The highest BCUT2D eigenvalue weighted by Gasteiger charge is 2.26. The maximum Gasteiger partial charge on any atom is 0.261 e. The van der Waals surface area contributed by atoms with Crippen LogP contribution in [0.25, 0.3) is 0 Å². The second kappa shape index (κ2) is 10.8. The predicted molar refractivity (Wildman–Crippen MR) is 121 cm³/mol. The first kappa shape index (κ1) is 23.5. The van der Waals surface area contributed by atoms with Gasteiger partial charge in [0.25, 0.3) is 5.91 Å². The van der Waals surface area contributed by atoms with Crippen LogP contribution < -0.4 is 10.1 Å². The fraction of sp³-hybridized carbons (Fsp3) is 0.440. The first-order chi connectivity index (χ1) is 14.2. The van der Waals surface area contributed by atoms with E-state index in [-0.39, 0.29) is 18.4 Å². The van der Waals surface area contributed by atoms with Crippen LogP contribution in [0.4, 0.5) is 0 Å². The minimum atomic E-state index is -0.590. The Morgan fingerprint density at radius 3 is 2.43 bits per heavy atom. The maximum absolute atomic E-state index is 13.2. The quantitative estimate of drug-likeness (QED) is 0.673. The highest BCUT2D eigenvalue weighted by molar-refractivity contribution is 5.88. The van der Waals surface area contributed by atoms with Crippen molar-refractivity contribution in [3.8, 4) is 5.75 Å². The van der Waals surface area contributed by atoms with Crippen molar-refractivity contribution in [3.63, 3.8) is 0 Å². The second-order valence-electron chi connectivity index (χ2n) is 7.91. The molecule has 2 aromatic carbocycles. The van der Waals surface area contributed by atoms with Gasteiger partial charge >= 0.3 is 0 Å². The zero-order valence-corrected chi connectivity index (χ0v) is 19.0. The lowest BCUT2D eigenvalue weighted by Crippen LogP contribution is -2.49. The third-order valence-electron chi connectivity index (χ3n) is 5.43. The van der Waals surface area contributed by atoms with Gasteiger partial charge in [0, 0.05) is 13.1 Å². The Bertz CT molecular complexity index is 892. The van der Waals surface area contributed by atoms with E-state index in [1.165, 1.54) is 0 Å². The number of hydrogen-bond acceptors (Lipinski definition) is 3. The number of hydrogen-bond donors (Lipinski definition) is 1. The number of carbonyl (C=O) groups is 2. The maximum atomic E-state index is 13.2. The van der Waals surface area contributed by atoms with Crippen LogP contribution in [0.1, 0.15) is 48.1 Å². The Balaban J connectivity index is 2.21. The lowest BCUT2D eigenvalue weighted by atomic mass is 10.1. The number of carbonyl (C=O) groups excluding carboxylic acids is 2. The zero-order chi connectivity index (χ0) is 22.3. The summed E-state index contributed by atoms with van der Waals surface area (Å²) in [5.74, 6) is 0.345.